The van der Waals surface area contributed by atoms with Crippen molar-refractivity contribution in [3.05, 3.63) is 112 Å². The van der Waals surface area contributed by atoms with Gasteiger partial charge in [-0.05, 0) is 31.2 Å². The van der Waals surface area contributed by atoms with Gasteiger partial charge in [0, 0.05) is 0 Å². The van der Waals surface area contributed by atoms with Crippen LogP contribution in [0.5, 0.6) is 0 Å². The van der Waals surface area contributed by atoms with Crippen LogP contribution in [0.1, 0.15) is 6.92 Å². The van der Waals surface area contributed by atoms with Crippen molar-refractivity contribution in [3.8, 4) is 0 Å². The minimum absolute atomic E-state index is 0.431. The normalized spacial score (nSPS) is 9.95. The van der Waals surface area contributed by atoms with Crippen LogP contribution in [0.4, 0.5) is 0 Å². The van der Waals surface area contributed by atoms with E-state index >= 15 is 0 Å². The molecule has 0 saturated carbocycles. The molecule has 0 N–H and O–H groups in total. The summed E-state index contributed by atoms with van der Waals surface area (Å²) in [6.07, 6.45) is 11.9. The smallest absolute Gasteiger partial charge is 0.120 e. The zero-order valence-corrected chi connectivity index (χ0v) is 12.8. The second-order valence-electron chi connectivity index (χ2n) is 3.50. The van der Waals surface area contributed by atoms with Gasteiger partial charge in [0.15, 0.2) is 0 Å². The molecule has 0 unspecified atom stereocenters. The quantitative estimate of drug-likeness (QED) is 0.305. The average Bonchev–Trinajstić information content (AvgIpc) is 2.45. The summed E-state index contributed by atoms with van der Waals surface area (Å²) in [5, 5.41) is 0. The van der Waals surface area contributed by atoms with Crippen LogP contribution in [0.15, 0.2) is 112 Å². The lowest BCUT2D eigenvalue weighted by Gasteiger charge is -2.06. The third-order valence-electron chi connectivity index (χ3n) is 1.75. The van der Waals surface area contributed by atoms with Gasteiger partial charge >= 0.3 is 0 Å². The Labute approximate surface area is 128 Å². The summed E-state index contributed by atoms with van der Waals surface area (Å²) in [7, 11) is 0. The highest BCUT2D eigenvalue weighted by Crippen LogP contribution is 2.09. The van der Waals surface area contributed by atoms with Gasteiger partial charge in [0.1, 0.15) is 23.0 Å². The van der Waals surface area contributed by atoms with Crippen molar-refractivity contribution in [1.82, 2.24) is 0 Å². The molecular weight excluding hydrogens is 260 g/mol. The van der Waals surface area contributed by atoms with Gasteiger partial charge in [0.25, 0.3) is 0 Å². The molecule has 0 aliphatic rings. The van der Waals surface area contributed by atoms with Gasteiger partial charge in [-0.1, -0.05) is 51.1 Å². The summed E-state index contributed by atoms with van der Waals surface area (Å²) in [6, 6.07) is 0. The van der Waals surface area contributed by atoms with E-state index < -0.39 is 0 Å². The summed E-state index contributed by atoms with van der Waals surface area (Å²) in [6.45, 7) is 26.3. The Morgan fingerprint density at radius 1 is 0.714 bits per heavy atom. The molecule has 0 bridgehead atoms. The van der Waals surface area contributed by atoms with Crippen LogP contribution in [0.3, 0.4) is 0 Å². The maximum absolute atomic E-state index is 5.31. The zero-order valence-electron chi connectivity index (χ0n) is 12.8. The highest BCUT2D eigenvalue weighted by atomic mass is 16.5. The molecule has 21 heavy (non-hydrogen) atoms. The summed E-state index contributed by atoms with van der Waals surface area (Å²) >= 11 is 0. The predicted octanol–water partition coefficient (Wildman–Crippen LogP) is 5.75. The first-order valence-corrected chi connectivity index (χ1v) is 6.20. The lowest BCUT2D eigenvalue weighted by Crippen LogP contribution is -1.87. The molecular formula is C19H24O2. The first-order chi connectivity index (χ1) is 9.99. The minimum Gasteiger partial charge on any atom is -0.459 e. The molecule has 0 aromatic carbocycles. The highest BCUT2D eigenvalue weighted by Gasteiger charge is 1.94. The summed E-state index contributed by atoms with van der Waals surface area (Å²) < 4.78 is 10.6. The monoisotopic (exact) mass is 284 g/mol. The largest absolute Gasteiger partial charge is 0.459 e. The molecule has 0 fully saturated rings. The fourth-order valence-corrected chi connectivity index (χ4v) is 1.02. The van der Waals surface area contributed by atoms with Gasteiger partial charge in [-0.25, -0.2) is 0 Å². The molecule has 0 rings (SSSR count). The highest BCUT2D eigenvalue weighted by molar-refractivity contribution is 5.23. The standard InChI is InChI=1S/C17H20O2.C2H4/c1-7-9-11-15(4)19-17(6)13-12-16(5)18-14(3)10-8-2;1-2/h7-13H,1,3-6H2,2H3;1-2H2/b10-8-,11-9-,13-12-;. The second kappa shape index (κ2) is 13.7. The van der Waals surface area contributed by atoms with E-state index in [-0.39, 0.29) is 0 Å². The summed E-state index contributed by atoms with van der Waals surface area (Å²) in [5.74, 6) is 1.86. The molecule has 0 aromatic heterocycles. The number of ether oxygens (including phenoxy) is 2. The molecule has 0 aliphatic heterocycles. The van der Waals surface area contributed by atoms with Crippen LogP contribution in [0, 0.1) is 0 Å². The SMILES string of the molecule is C=C.C=C/C=C\C(=C)OC(=C)/C=C\C(=C)OC(=C)/C=C\C. The van der Waals surface area contributed by atoms with Crippen LogP contribution in [-0.2, 0) is 9.47 Å². The van der Waals surface area contributed by atoms with Gasteiger partial charge < -0.3 is 9.47 Å². The van der Waals surface area contributed by atoms with Crippen molar-refractivity contribution in [2.24, 2.45) is 0 Å². The fraction of sp³-hybridized carbons (Fsp3) is 0.0526. The van der Waals surface area contributed by atoms with Crippen LogP contribution in [0.25, 0.3) is 0 Å². The van der Waals surface area contributed by atoms with Gasteiger partial charge in [0.2, 0.25) is 0 Å². The van der Waals surface area contributed by atoms with Crippen molar-refractivity contribution < 1.29 is 9.47 Å². The van der Waals surface area contributed by atoms with Crippen molar-refractivity contribution >= 4 is 0 Å². The summed E-state index contributed by atoms with van der Waals surface area (Å²) in [5.41, 5.74) is 0. The van der Waals surface area contributed by atoms with E-state index in [9.17, 15) is 0 Å². The van der Waals surface area contributed by atoms with Crippen LogP contribution < -0.4 is 0 Å². The molecule has 112 valence electrons. The predicted molar refractivity (Wildman–Crippen MR) is 93.3 cm³/mol. The third-order valence-corrected chi connectivity index (χ3v) is 1.75. The van der Waals surface area contributed by atoms with Crippen molar-refractivity contribution in [1.29, 1.82) is 0 Å². The molecule has 0 atom stereocenters. The van der Waals surface area contributed by atoms with E-state index in [2.05, 4.69) is 46.1 Å². The van der Waals surface area contributed by atoms with Crippen LogP contribution in [0.2, 0.25) is 0 Å². The molecule has 0 spiro atoms. The van der Waals surface area contributed by atoms with Crippen LogP contribution >= 0.6 is 0 Å². The Bertz CT molecular complexity index is 474. The third kappa shape index (κ3) is 13.5. The van der Waals surface area contributed by atoms with E-state index in [1.165, 1.54) is 0 Å². The molecule has 0 aromatic rings. The van der Waals surface area contributed by atoms with Gasteiger partial charge in [-0.15, -0.1) is 13.2 Å². The first kappa shape index (κ1) is 20.6. The average molecular weight is 284 g/mol. The Morgan fingerprint density at radius 3 is 1.48 bits per heavy atom. The van der Waals surface area contributed by atoms with Gasteiger partial charge in [0.05, 0.1) is 0 Å². The topological polar surface area (TPSA) is 18.5 Å². The molecule has 0 radical (unpaired) electrons. The lowest BCUT2D eigenvalue weighted by atomic mass is 10.4. The molecule has 2 nitrogen and oxygen atoms in total. The summed E-state index contributed by atoms with van der Waals surface area (Å²) in [4.78, 5) is 0. The molecule has 0 aliphatic carbocycles. The number of rotatable bonds is 9. The van der Waals surface area contributed by atoms with E-state index in [4.69, 9.17) is 9.47 Å². The number of hydrogen-bond donors (Lipinski definition) is 0. The second-order valence-corrected chi connectivity index (χ2v) is 3.50. The Kier molecular flexibility index (Phi) is 13.4. The Hall–Kier alpha value is -2.74. The minimum atomic E-state index is 0.431. The van der Waals surface area contributed by atoms with Crippen molar-refractivity contribution in [2.45, 2.75) is 6.92 Å². The lowest BCUT2D eigenvalue weighted by molar-refractivity contribution is 0.332. The van der Waals surface area contributed by atoms with Crippen molar-refractivity contribution in [3.63, 3.8) is 0 Å². The van der Waals surface area contributed by atoms with Gasteiger partial charge in [-0.2, -0.15) is 0 Å². The molecule has 0 heterocycles. The maximum atomic E-state index is 5.31. The molecule has 0 amide bonds. The van der Waals surface area contributed by atoms with E-state index in [0.717, 1.165) is 0 Å². The number of hydrogen-bond acceptors (Lipinski definition) is 2. The zero-order chi connectivity index (χ0) is 16.7. The fourth-order valence-electron chi connectivity index (χ4n) is 1.02. The van der Waals surface area contributed by atoms with E-state index in [1.807, 2.05) is 13.0 Å². The molecule has 2 heteroatoms. The van der Waals surface area contributed by atoms with E-state index in [0.29, 0.717) is 23.0 Å². The first-order valence-electron chi connectivity index (χ1n) is 6.20. The van der Waals surface area contributed by atoms with Crippen LogP contribution in [-0.4, -0.2) is 0 Å². The van der Waals surface area contributed by atoms with Gasteiger partial charge in [-0.3, -0.25) is 0 Å². The Balaban J connectivity index is 0. The number of allylic oxidation sites excluding steroid dienone is 7. The maximum Gasteiger partial charge on any atom is 0.120 e. The van der Waals surface area contributed by atoms with E-state index in [1.54, 1.807) is 36.5 Å². The Morgan fingerprint density at radius 2 is 1.10 bits per heavy atom. The van der Waals surface area contributed by atoms with Crippen molar-refractivity contribution in [2.75, 3.05) is 0 Å². The molecule has 0 saturated heterocycles.